The van der Waals surface area contributed by atoms with Crippen molar-refractivity contribution in [2.24, 2.45) is 0 Å². The van der Waals surface area contributed by atoms with Gasteiger partial charge in [0.05, 0.1) is 17.7 Å². The molecule has 0 saturated carbocycles. The molecule has 0 fully saturated rings. The van der Waals surface area contributed by atoms with Gasteiger partial charge in [-0.25, -0.2) is 9.37 Å². The van der Waals surface area contributed by atoms with Gasteiger partial charge in [0.2, 0.25) is 0 Å². The van der Waals surface area contributed by atoms with E-state index in [1.807, 2.05) is 0 Å². The minimum atomic E-state index is -4.73. The summed E-state index contributed by atoms with van der Waals surface area (Å²) >= 11 is 0. The molecule has 0 radical (unpaired) electrons. The Morgan fingerprint density at radius 1 is 1.12 bits per heavy atom. The zero-order chi connectivity index (χ0) is 23.5. The fraction of sp³-hybridized carbons (Fsp3) is 0.333. The third-order valence-electron chi connectivity index (χ3n) is 4.85. The number of aryl methyl sites for hydroxylation is 1. The molecule has 0 atom stereocenters. The van der Waals surface area contributed by atoms with Crippen LogP contribution in [0.5, 0.6) is 0 Å². The third kappa shape index (κ3) is 5.39. The topological polar surface area (TPSA) is 70.1 Å². The number of nitrogens with zero attached hydrogens (tertiary/aromatic N) is 2. The molecule has 0 aliphatic carbocycles. The van der Waals surface area contributed by atoms with Crippen LogP contribution in [0.4, 0.5) is 32.0 Å². The molecule has 2 aromatic heterocycles. The van der Waals surface area contributed by atoms with Crippen LogP contribution in [0.1, 0.15) is 25.0 Å². The van der Waals surface area contributed by atoms with Crippen LogP contribution in [0.3, 0.4) is 0 Å². The minimum Gasteiger partial charge on any atom is -0.397 e. The number of nitrogen functional groups attached to an aromatic ring is 1. The number of nitrogens with two attached hydrogens (primary N) is 1. The van der Waals surface area contributed by atoms with Crippen molar-refractivity contribution in [2.45, 2.75) is 38.6 Å². The second kappa shape index (κ2) is 9.60. The van der Waals surface area contributed by atoms with Crippen molar-refractivity contribution in [1.82, 2.24) is 9.55 Å². The quantitative estimate of drug-likeness (QED) is 0.371. The molecule has 11 heteroatoms. The second-order valence-corrected chi connectivity index (χ2v) is 7.09. The van der Waals surface area contributed by atoms with Gasteiger partial charge < -0.3 is 15.0 Å². The number of fused-ring (bicyclic) bond motifs is 1. The number of benzene rings is 1. The summed E-state index contributed by atoms with van der Waals surface area (Å²) in [5, 5.41) is 0.495. The van der Waals surface area contributed by atoms with Crippen molar-refractivity contribution in [3.05, 3.63) is 58.5 Å². The molecule has 5 nitrogen and oxygen atoms in total. The zero-order valence-corrected chi connectivity index (χ0v) is 16.6. The Morgan fingerprint density at radius 3 is 2.53 bits per heavy atom. The summed E-state index contributed by atoms with van der Waals surface area (Å²) in [5.41, 5.74) is 3.11. The molecule has 2 heterocycles. The molecule has 0 spiro atoms. The lowest BCUT2D eigenvalue weighted by Crippen LogP contribution is -2.19. The minimum absolute atomic E-state index is 0.0402. The van der Waals surface area contributed by atoms with Crippen LogP contribution < -0.4 is 11.3 Å². The molecular formula is C21H19F6N3O2. The Kier molecular flexibility index (Phi) is 7.07. The monoisotopic (exact) mass is 459 g/mol. The van der Waals surface area contributed by atoms with E-state index in [-0.39, 0.29) is 23.1 Å². The van der Waals surface area contributed by atoms with Crippen molar-refractivity contribution in [1.29, 1.82) is 0 Å². The number of pyridine rings is 2. The molecular weight excluding hydrogens is 440 g/mol. The van der Waals surface area contributed by atoms with Crippen LogP contribution in [0.25, 0.3) is 21.9 Å². The van der Waals surface area contributed by atoms with E-state index in [1.54, 1.807) is 6.07 Å². The molecule has 2 N–H and O–H groups in total. The largest absolute Gasteiger partial charge is 0.435 e. The van der Waals surface area contributed by atoms with E-state index < -0.39 is 35.5 Å². The molecule has 32 heavy (non-hydrogen) atoms. The average molecular weight is 459 g/mol. The highest BCUT2D eigenvalue weighted by molar-refractivity contribution is 5.87. The molecule has 3 rings (SSSR count). The molecule has 172 valence electrons. The van der Waals surface area contributed by atoms with E-state index in [0.29, 0.717) is 31.2 Å². The van der Waals surface area contributed by atoms with Crippen LogP contribution in [0.2, 0.25) is 0 Å². The molecule has 0 bridgehead atoms. The number of halogens is 6. The first-order valence-corrected chi connectivity index (χ1v) is 9.63. The predicted octanol–water partition coefficient (Wildman–Crippen LogP) is 5.21. The molecule has 0 aliphatic rings. The van der Waals surface area contributed by atoms with E-state index >= 15 is 0 Å². The Labute approximate surface area is 178 Å². The Bertz CT molecular complexity index is 1160. The van der Waals surface area contributed by atoms with Gasteiger partial charge in [-0.1, -0.05) is 0 Å². The number of aromatic nitrogens is 2. The van der Waals surface area contributed by atoms with Gasteiger partial charge in [-0.3, -0.25) is 4.79 Å². The van der Waals surface area contributed by atoms with Gasteiger partial charge in [0.1, 0.15) is 5.82 Å². The maximum absolute atomic E-state index is 14.7. The third-order valence-corrected chi connectivity index (χ3v) is 4.85. The van der Waals surface area contributed by atoms with Crippen LogP contribution in [-0.4, -0.2) is 22.8 Å². The van der Waals surface area contributed by atoms with Crippen molar-refractivity contribution in [2.75, 3.05) is 12.3 Å². The number of rotatable bonds is 8. The van der Waals surface area contributed by atoms with E-state index in [2.05, 4.69) is 9.72 Å². The Balaban J connectivity index is 1.81. The maximum Gasteiger partial charge on any atom is 0.435 e. The average Bonchev–Trinajstić information content (AvgIpc) is 2.71. The van der Waals surface area contributed by atoms with Crippen molar-refractivity contribution < 1.29 is 31.1 Å². The fourth-order valence-corrected chi connectivity index (χ4v) is 3.30. The maximum atomic E-state index is 14.7. The normalized spacial score (nSPS) is 12.1. The number of hydrogen-bond donors (Lipinski definition) is 1. The van der Waals surface area contributed by atoms with Gasteiger partial charge in [0, 0.05) is 30.1 Å². The number of anilines is 1. The van der Waals surface area contributed by atoms with E-state index in [0.717, 1.165) is 18.3 Å². The summed E-state index contributed by atoms with van der Waals surface area (Å²) < 4.78 is 82.6. The second-order valence-electron chi connectivity index (χ2n) is 7.09. The number of hydrogen-bond acceptors (Lipinski definition) is 4. The van der Waals surface area contributed by atoms with Crippen molar-refractivity contribution in [3.63, 3.8) is 0 Å². The highest BCUT2D eigenvalue weighted by Crippen LogP contribution is 2.35. The molecule has 3 aromatic rings. The summed E-state index contributed by atoms with van der Waals surface area (Å²) in [5.74, 6) is -0.808. The SMILES string of the molecule is Nc1cc(-c2cc3ccn(CCCCCOC(F)F)c(=O)c3cc2F)cnc1C(F)(F)F. The summed E-state index contributed by atoms with van der Waals surface area (Å²) in [6.07, 6.45) is -0.827. The first-order valence-electron chi connectivity index (χ1n) is 9.63. The number of alkyl halides is 5. The Morgan fingerprint density at radius 2 is 1.88 bits per heavy atom. The van der Waals surface area contributed by atoms with Crippen LogP contribution >= 0.6 is 0 Å². The molecule has 0 saturated heterocycles. The van der Waals surface area contributed by atoms with Gasteiger partial charge in [0.25, 0.3) is 5.56 Å². The number of ether oxygens (including phenoxy) is 1. The van der Waals surface area contributed by atoms with Crippen LogP contribution in [0.15, 0.2) is 41.5 Å². The molecule has 0 unspecified atom stereocenters. The smallest absolute Gasteiger partial charge is 0.397 e. The highest BCUT2D eigenvalue weighted by atomic mass is 19.4. The summed E-state index contributed by atoms with van der Waals surface area (Å²) in [6, 6.07) is 4.94. The molecule has 0 amide bonds. The van der Waals surface area contributed by atoms with Crippen LogP contribution in [0, 0.1) is 5.82 Å². The zero-order valence-electron chi connectivity index (χ0n) is 16.6. The first kappa shape index (κ1) is 23.6. The van der Waals surface area contributed by atoms with E-state index in [1.165, 1.54) is 16.8 Å². The van der Waals surface area contributed by atoms with Crippen molar-refractivity contribution >= 4 is 16.5 Å². The first-order chi connectivity index (χ1) is 15.1. The summed E-state index contributed by atoms with van der Waals surface area (Å²) in [7, 11) is 0. The lowest BCUT2D eigenvalue weighted by molar-refractivity contribution is -0.140. The lowest BCUT2D eigenvalue weighted by atomic mass is 10.0. The van der Waals surface area contributed by atoms with E-state index in [4.69, 9.17) is 5.73 Å². The Hall–Kier alpha value is -3.08. The lowest BCUT2D eigenvalue weighted by Gasteiger charge is -2.12. The predicted molar refractivity (Wildman–Crippen MR) is 107 cm³/mol. The summed E-state index contributed by atoms with van der Waals surface area (Å²) in [6.45, 7) is -2.58. The summed E-state index contributed by atoms with van der Waals surface area (Å²) in [4.78, 5) is 16.0. The molecule has 0 aliphatic heterocycles. The highest BCUT2D eigenvalue weighted by Gasteiger charge is 2.35. The van der Waals surface area contributed by atoms with Crippen molar-refractivity contribution in [3.8, 4) is 11.1 Å². The van der Waals surface area contributed by atoms with Crippen LogP contribution in [-0.2, 0) is 17.5 Å². The van der Waals surface area contributed by atoms with Gasteiger partial charge >= 0.3 is 12.8 Å². The van der Waals surface area contributed by atoms with Gasteiger partial charge in [-0.05, 0) is 48.9 Å². The standard InChI is InChI=1S/C21H19F6N3O2/c22-16-10-15-12(4-6-30(19(15)31)5-2-1-3-7-32-20(23)24)8-14(16)13-9-17(28)18(29-11-13)21(25,26)27/h4,6,8-11,20H,1-3,5,7,28H2. The van der Waals surface area contributed by atoms with Gasteiger partial charge in [0.15, 0.2) is 5.69 Å². The van der Waals surface area contributed by atoms with Gasteiger partial charge in [-0.15, -0.1) is 0 Å². The molecule has 1 aromatic carbocycles. The number of unbranched alkanes of at least 4 members (excludes halogenated alkanes) is 2. The van der Waals surface area contributed by atoms with Gasteiger partial charge in [-0.2, -0.15) is 22.0 Å². The van der Waals surface area contributed by atoms with E-state index in [9.17, 15) is 31.1 Å². The fourth-order valence-electron chi connectivity index (χ4n) is 3.30.